The molecular formula is C24H22N4O4. The Balaban J connectivity index is 1.17. The number of para-hydroxylation sites is 2. The van der Waals surface area contributed by atoms with Gasteiger partial charge in [0.05, 0.1) is 6.26 Å². The number of aromatic nitrogens is 1. The summed E-state index contributed by atoms with van der Waals surface area (Å²) in [6.45, 7) is 1.40. The summed E-state index contributed by atoms with van der Waals surface area (Å²) in [5, 5.41) is 5.73. The predicted molar refractivity (Wildman–Crippen MR) is 121 cm³/mol. The Hall–Kier alpha value is -4.07. The number of nitrogens with one attached hydrogen (secondary N) is 2. The van der Waals surface area contributed by atoms with Gasteiger partial charge in [-0.15, -0.1) is 0 Å². The van der Waals surface area contributed by atoms with Crippen molar-refractivity contribution in [2.75, 3.05) is 28.6 Å². The summed E-state index contributed by atoms with van der Waals surface area (Å²) in [4.78, 5) is 31.6. The van der Waals surface area contributed by atoms with E-state index in [0.29, 0.717) is 43.3 Å². The van der Waals surface area contributed by atoms with Gasteiger partial charge in [0.1, 0.15) is 5.52 Å². The fraction of sp³-hybridized carbons (Fsp3) is 0.208. The van der Waals surface area contributed by atoms with Gasteiger partial charge in [0.15, 0.2) is 11.3 Å². The first kappa shape index (κ1) is 19.9. The number of anilines is 3. The molecule has 0 unspecified atom stereocenters. The summed E-state index contributed by atoms with van der Waals surface area (Å²) in [5.41, 5.74) is 2.81. The smallest absolute Gasteiger partial charge is 0.298 e. The normalized spacial score (nSPS) is 14.4. The Morgan fingerprint density at radius 1 is 0.938 bits per heavy atom. The maximum atomic E-state index is 12.8. The van der Waals surface area contributed by atoms with Crippen LogP contribution in [0.5, 0.6) is 0 Å². The van der Waals surface area contributed by atoms with E-state index < -0.39 is 0 Å². The summed E-state index contributed by atoms with van der Waals surface area (Å²) in [6, 6.07) is 18.6. The van der Waals surface area contributed by atoms with Gasteiger partial charge in [-0.2, -0.15) is 4.98 Å². The topological polar surface area (TPSA) is 101 Å². The van der Waals surface area contributed by atoms with Gasteiger partial charge in [-0.05, 0) is 55.3 Å². The molecule has 1 aliphatic heterocycles. The molecule has 0 radical (unpaired) electrons. The van der Waals surface area contributed by atoms with Crippen LogP contribution >= 0.6 is 0 Å². The molecule has 0 atom stereocenters. The molecule has 2 aromatic carbocycles. The fourth-order valence-electron chi connectivity index (χ4n) is 3.85. The van der Waals surface area contributed by atoms with Crippen LogP contribution in [0.15, 0.2) is 75.8 Å². The van der Waals surface area contributed by atoms with Crippen LogP contribution in [0.3, 0.4) is 0 Å². The van der Waals surface area contributed by atoms with E-state index in [2.05, 4.69) is 20.5 Å². The van der Waals surface area contributed by atoms with Crippen molar-refractivity contribution in [3.8, 4) is 0 Å². The molecule has 0 spiro atoms. The van der Waals surface area contributed by atoms with Crippen LogP contribution in [0.1, 0.15) is 23.4 Å². The molecule has 0 saturated carbocycles. The molecule has 1 saturated heterocycles. The monoisotopic (exact) mass is 430 g/mol. The number of oxazole rings is 1. The largest absolute Gasteiger partial charge is 0.459 e. The number of carbonyl (C=O) groups is 2. The van der Waals surface area contributed by atoms with Crippen molar-refractivity contribution in [2.24, 2.45) is 5.92 Å². The third kappa shape index (κ3) is 4.20. The molecule has 1 aliphatic rings. The Bertz CT molecular complexity index is 1210. The number of hydrogen-bond donors (Lipinski definition) is 2. The van der Waals surface area contributed by atoms with Gasteiger partial charge in [0.25, 0.3) is 11.9 Å². The van der Waals surface area contributed by atoms with E-state index in [4.69, 9.17) is 8.83 Å². The van der Waals surface area contributed by atoms with Gasteiger partial charge in [0, 0.05) is 30.4 Å². The Morgan fingerprint density at radius 3 is 2.47 bits per heavy atom. The lowest BCUT2D eigenvalue weighted by Gasteiger charge is -2.30. The zero-order valence-corrected chi connectivity index (χ0v) is 17.3. The highest BCUT2D eigenvalue weighted by Crippen LogP contribution is 2.27. The van der Waals surface area contributed by atoms with Crippen molar-refractivity contribution in [2.45, 2.75) is 12.8 Å². The zero-order chi connectivity index (χ0) is 21.9. The number of carbonyl (C=O) groups excluding carboxylic acids is 2. The van der Waals surface area contributed by atoms with Crippen LogP contribution in [0.25, 0.3) is 11.1 Å². The van der Waals surface area contributed by atoms with Crippen molar-refractivity contribution < 1.29 is 18.4 Å². The third-order valence-electron chi connectivity index (χ3n) is 5.55. The predicted octanol–water partition coefficient (Wildman–Crippen LogP) is 4.53. The fourth-order valence-corrected chi connectivity index (χ4v) is 3.85. The van der Waals surface area contributed by atoms with Gasteiger partial charge in [-0.3, -0.25) is 9.59 Å². The number of furan rings is 1. The summed E-state index contributed by atoms with van der Waals surface area (Å²) in [5.74, 6) is -0.246. The minimum atomic E-state index is -0.343. The van der Waals surface area contributed by atoms with Crippen molar-refractivity contribution >= 4 is 40.3 Å². The van der Waals surface area contributed by atoms with Crippen LogP contribution in [0, 0.1) is 5.92 Å². The quantitative estimate of drug-likeness (QED) is 0.483. The summed E-state index contributed by atoms with van der Waals surface area (Å²) in [7, 11) is 0. The molecule has 2 amide bonds. The molecule has 3 heterocycles. The molecule has 8 nitrogen and oxygen atoms in total. The number of benzene rings is 2. The first-order valence-corrected chi connectivity index (χ1v) is 10.5. The van der Waals surface area contributed by atoms with Crippen LogP contribution < -0.4 is 15.5 Å². The molecule has 4 aromatic rings. The molecule has 32 heavy (non-hydrogen) atoms. The highest BCUT2D eigenvalue weighted by Gasteiger charge is 2.27. The van der Waals surface area contributed by atoms with Crippen molar-refractivity contribution in [1.82, 2.24) is 4.98 Å². The molecule has 0 bridgehead atoms. The molecular weight excluding hydrogens is 408 g/mol. The zero-order valence-electron chi connectivity index (χ0n) is 17.3. The number of fused-ring (bicyclic) bond motifs is 1. The average Bonchev–Trinajstić information content (AvgIpc) is 3.50. The standard InChI is InChI=1S/C24H22N4O4/c29-22(25-17-5-3-6-18(15-17)26-23(30)21-9-4-14-31-21)16-10-12-28(13-11-16)24-27-19-7-1-2-8-20(19)32-24/h1-9,14-16H,10-13H2,(H,25,29)(H,26,30). The number of rotatable bonds is 5. The molecule has 0 aliphatic carbocycles. The molecule has 1 fully saturated rings. The molecule has 2 aromatic heterocycles. The maximum absolute atomic E-state index is 12.8. The highest BCUT2D eigenvalue weighted by molar-refractivity contribution is 6.02. The van der Waals surface area contributed by atoms with Gasteiger partial charge >= 0.3 is 0 Å². The number of piperidine rings is 1. The number of amides is 2. The van der Waals surface area contributed by atoms with E-state index in [0.717, 1.165) is 11.1 Å². The van der Waals surface area contributed by atoms with Crippen molar-refractivity contribution in [3.63, 3.8) is 0 Å². The summed E-state index contributed by atoms with van der Waals surface area (Å²) < 4.78 is 10.9. The second kappa shape index (κ2) is 8.58. The van der Waals surface area contributed by atoms with E-state index >= 15 is 0 Å². The molecule has 2 N–H and O–H groups in total. The van der Waals surface area contributed by atoms with Crippen LogP contribution in [0.2, 0.25) is 0 Å². The SMILES string of the molecule is O=C(Nc1cccc(NC(=O)C2CCN(c3nc4ccccc4o3)CC2)c1)c1ccco1. The van der Waals surface area contributed by atoms with E-state index in [1.165, 1.54) is 6.26 Å². The second-order valence-corrected chi connectivity index (χ2v) is 7.73. The highest BCUT2D eigenvalue weighted by atomic mass is 16.4. The average molecular weight is 430 g/mol. The Morgan fingerprint density at radius 2 is 1.72 bits per heavy atom. The third-order valence-corrected chi connectivity index (χ3v) is 5.55. The van der Waals surface area contributed by atoms with E-state index in [-0.39, 0.29) is 23.5 Å². The molecule has 8 heteroatoms. The first-order chi connectivity index (χ1) is 15.7. The Labute approximate surface area is 184 Å². The van der Waals surface area contributed by atoms with Gasteiger partial charge in [-0.25, -0.2) is 0 Å². The summed E-state index contributed by atoms with van der Waals surface area (Å²) in [6.07, 6.45) is 2.86. The Kier molecular flexibility index (Phi) is 5.33. The molecule has 5 rings (SSSR count). The lowest BCUT2D eigenvalue weighted by molar-refractivity contribution is -0.120. The van der Waals surface area contributed by atoms with Gasteiger partial charge in [0.2, 0.25) is 5.91 Å². The van der Waals surface area contributed by atoms with Gasteiger partial charge in [-0.1, -0.05) is 18.2 Å². The van der Waals surface area contributed by atoms with E-state index in [1.54, 1.807) is 36.4 Å². The first-order valence-electron chi connectivity index (χ1n) is 10.5. The van der Waals surface area contributed by atoms with Crippen LogP contribution in [-0.2, 0) is 4.79 Å². The minimum Gasteiger partial charge on any atom is -0.459 e. The lowest BCUT2D eigenvalue weighted by atomic mass is 9.96. The number of nitrogens with zero attached hydrogens (tertiary/aromatic N) is 2. The van der Waals surface area contributed by atoms with E-state index in [1.807, 2.05) is 24.3 Å². The maximum Gasteiger partial charge on any atom is 0.298 e. The molecule has 162 valence electrons. The lowest BCUT2D eigenvalue weighted by Crippen LogP contribution is -2.38. The van der Waals surface area contributed by atoms with Crippen molar-refractivity contribution in [1.29, 1.82) is 0 Å². The van der Waals surface area contributed by atoms with Crippen LogP contribution in [-0.4, -0.2) is 29.9 Å². The second-order valence-electron chi connectivity index (χ2n) is 7.73. The number of hydrogen-bond acceptors (Lipinski definition) is 6. The van der Waals surface area contributed by atoms with Gasteiger partial charge < -0.3 is 24.4 Å². The summed E-state index contributed by atoms with van der Waals surface area (Å²) >= 11 is 0. The van der Waals surface area contributed by atoms with E-state index in [9.17, 15) is 9.59 Å². The minimum absolute atomic E-state index is 0.0308. The van der Waals surface area contributed by atoms with Crippen LogP contribution in [0.4, 0.5) is 17.4 Å². The van der Waals surface area contributed by atoms with Crippen molar-refractivity contribution in [3.05, 3.63) is 72.7 Å².